The Balaban J connectivity index is 1.73. The lowest BCUT2D eigenvalue weighted by atomic mass is 10.0. The summed E-state index contributed by atoms with van der Waals surface area (Å²) in [6.07, 6.45) is 2.96. The number of carboxylic acids is 1. The lowest BCUT2D eigenvalue weighted by molar-refractivity contribution is -0.136. The predicted molar refractivity (Wildman–Crippen MR) is 91.2 cm³/mol. The van der Waals surface area contributed by atoms with Crippen molar-refractivity contribution in [2.24, 2.45) is 0 Å². The summed E-state index contributed by atoms with van der Waals surface area (Å²) in [6, 6.07) is 7.90. The molecule has 1 aliphatic rings. The summed E-state index contributed by atoms with van der Waals surface area (Å²) in [5.74, 6) is 0.102. The van der Waals surface area contributed by atoms with E-state index in [1.807, 2.05) is 36.1 Å². The van der Waals surface area contributed by atoms with Crippen molar-refractivity contribution in [1.82, 2.24) is 10.2 Å². The summed E-state index contributed by atoms with van der Waals surface area (Å²) >= 11 is 0. The number of hydrogen-bond donors (Lipinski definition) is 2. The number of rotatable bonds is 8. The lowest BCUT2D eigenvalue weighted by Gasteiger charge is -2.25. The number of ether oxygens (including phenoxy) is 1. The molecule has 0 aliphatic carbocycles. The zero-order chi connectivity index (χ0) is 17.6. The molecule has 0 aromatic heterocycles. The van der Waals surface area contributed by atoms with Gasteiger partial charge in [-0.15, -0.1) is 0 Å². The molecule has 1 atom stereocenters. The van der Waals surface area contributed by atoms with Gasteiger partial charge < -0.3 is 14.7 Å². The molecule has 24 heavy (non-hydrogen) atoms. The number of hydrogen-bond acceptors (Lipinski definition) is 4. The van der Waals surface area contributed by atoms with Crippen molar-refractivity contribution in [2.75, 3.05) is 26.7 Å². The number of aryl methyl sites for hydroxylation is 1. The van der Waals surface area contributed by atoms with E-state index in [0.29, 0.717) is 19.5 Å². The minimum atomic E-state index is -0.875. The molecule has 0 saturated carbocycles. The van der Waals surface area contributed by atoms with Gasteiger partial charge in [-0.25, -0.2) is 0 Å². The quantitative estimate of drug-likeness (QED) is 0.756. The molecule has 1 fully saturated rings. The highest BCUT2D eigenvalue weighted by molar-refractivity contribution is 5.76. The average Bonchev–Trinajstić information content (AvgIpc) is 2.97. The van der Waals surface area contributed by atoms with Crippen LogP contribution in [-0.4, -0.2) is 54.2 Å². The first-order valence-corrected chi connectivity index (χ1v) is 8.29. The van der Waals surface area contributed by atoms with Crippen molar-refractivity contribution in [3.63, 3.8) is 0 Å². The molecule has 1 aliphatic heterocycles. The van der Waals surface area contributed by atoms with Crippen LogP contribution in [-0.2, 0) is 16.0 Å². The predicted octanol–water partition coefficient (Wildman–Crippen LogP) is 1.68. The normalized spacial score (nSPS) is 20.2. The van der Waals surface area contributed by atoms with E-state index in [1.165, 1.54) is 5.56 Å². The van der Waals surface area contributed by atoms with Gasteiger partial charge in [0.2, 0.25) is 5.91 Å². The van der Waals surface area contributed by atoms with Gasteiger partial charge >= 0.3 is 5.97 Å². The maximum absolute atomic E-state index is 12.3. The van der Waals surface area contributed by atoms with E-state index in [4.69, 9.17) is 9.84 Å². The zero-order valence-electron chi connectivity index (χ0n) is 14.4. The first-order valence-electron chi connectivity index (χ1n) is 8.29. The molecule has 1 saturated heterocycles. The third kappa shape index (κ3) is 5.23. The fraction of sp³-hybridized carbons (Fsp3) is 0.556. The Morgan fingerprint density at radius 2 is 2.04 bits per heavy atom. The minimum Gasteiger partial charge on any atom is -0.497 e. The molecule has 1 aromatic rings. The summed E-state index contributed by atoms with van der Waals surface area (Å²) in [4.78, 5) is 24.8. The standard InChI is InChI=1S/C18H26N2O4/c1-18(19-12-17(22)23)10-11-20(13-18)16(21)5-3-4-14-6-8-15(24-2)9-7-14/h6-9,19H,3-5,10-13H2,1-2H3,(H,22,23). The highest BCUT2D eigenvalue weighted by atomic mass is 16.5. The largest absolute Gasteiger partial charge is 0.497 e. The number of carbonyl (C=O) groups excluding carboxylic acids is 1. The first kappa shape index (κ1) is 18.3. The zero-order valence-corrected chi connectivity index (χ0v) is 14.4. The van der Waals surface area contributed by atoms with Crippen molar-refractivity contribution < 1.29 is 19.4 Å². The Hall–Kier alpha value is -2.08. The van der Waals surface area contributed by atoms with Crippen LogP contribution in [0.2, 0.25) is 0 Å². The smallest absolute Gasteiger partial charge is 0.317 e. The Kier molecular flexibility index (Phi) is 6.20. The van der Waals surface area contributed by atoms with E-state index >= 15 is 0 Å². The molecular formula is C18H26N2O4. The third-order valence-corrected chi connectivity index (χ3v) is 4.51. The van der Waals surface area contributed by atoms with E-state index < -0.39 is 5.97 Å². The number of aliphatic carboxylic acids is 1. The third-order valence-electron chi connectivity index (χ3n) is 4.51. The van der Waals surface area contributed by atoms with Crippen LogP contribution >= 0.6 is 0 Å². The average molecular weight is 334 g/mol. The molecule has 2 N–H and O–H groups in total. The maximum atomic E-state index is 12.3. The SMILES string of the molecule is COc1ccc(CCCC(=O)N2CCC(C)(NCC(=O)O)C2)cc1. The Morgan fingerprint density at radius 1 is 1.33 bits per heavy atom. The molecule has 0 bridgehead atoms. The second-order valence-corrected chi connectivity index (χ2v) is 6.57. The van der Waals surface area contributed by atoms with Crippen molar-refractivity contribution in [1.29, 1.82) is 0 Å². The van der Waals surface area contributed by atoms with Crippen molar-refractivity contribution in [2.45, 2.75) is 38.1 Å². The van der Waals surface area contributed by atoms with Crippen LogP contribution in [0.3, 0.4) is 0 Å². The summed E-state index contributed by atoms with van der Waals surface area (Å²) in [7, 11) is 1.64. The topological polar surface area (TPSA) is 78.9 Å². The van der Waals surface area contributed by atoms with Crippen molar-refractivity contribution >= 4 is 11.9 Å². The van der Waals surface area contributed by atoms with Crippen LogP contribution < -0.4 is 10.1 Å². The van der Waals surface area contributed by atoms with Gasteiger partial charge in [0.1, 0.15) is 5.75 Å². The van der Waals surface area contributed by atoms with E-state index in [1.54, 1.807) is 7.11 Å². The molecule has 6 heteroatoms. The molecule has 0 radical (unpaired) electrons. The molecular weight excluding hydrogens is 308 g/mol. The summed E-state index contributed by atoms with van der Waals surface area (Å²) < 4.78 is 5.13. The Morgan fingerprint density at radius 3 is 2.67 bits per heavy atom. The molecule has 0 spiro atoms. The molecule has 1 heterocycles. The number of nitrogens with one attached hydrogen (secondary N) is 1. The van der Waals surface area contributed by atoms with Crippen LogP contribution in [0.5, 0.6) is 5.75 Å². The van der Waals surface area contributed by atoms with Crippen LogP contribution in [0.25, 0.3) is 0 Å². The molecule has 1 amide bonds. The van der Waals surface area contributed by atoms with Gasteiger partial charge in [0.15, 0.2) is 0 Å². The van der Waals surface area contributed by atoms with E-state index in [2.05, 4.69) is 5.32 Å². The number of amides is 1. The number of nitrogens with zero attached hydrogens (tertiary/aromatic N) is 1. The van der Waals surface area contributed by atoms with Gasteiger partial charge in [0.05, 0.1) is 13.7 Å². The van der Waals surface area contributed by atoms with E-state index in [9.17, 15) is 9.59 Å². The van der Waals surface area contributed by atoms with Gasteiger partial charge in [-0.1, -0.05) is 12.1 Å². The van der Waals surface area contributed by atoms with Gasteiger partial charge in [0.25, 0.3) is 0 Å². The number of methoxy groups -OCH3 is 1. The number of likely N-dealkylation sites (tertiary alicyclic amines) is 1. The fourth-order valence-electron chi connectivity index (χ4n) is 3.00. The van der Waals surface area contributed by atoms with Gasteiger partial charge in [-0.3, -0.25) is 14.9 Å². The Bertz CT molecular complexity index is 573. The Labute approximate surface area is 142 Å². The number of carboxylic acid groups (broad SMARTS) is 1. The maximum Gasteiger partial charge on any atom is 0.317 e. The van der Waals surface area contributed by atoms with Gasteiger partial charge in [-0.05, 0) is 43.9 Å². The molecule has 132 valence electrons. The highest BCUT2D eigenvalue weighted by Crippen LogP contribution is 2.22. The van der Waals surface area contributed by atoms with E-state index in [0.717, 1.165) is 25.0 Å². The second-order valence-electron chi connectivity index (χ2n) is 6.57. The second kappa shape index (κ2) is 8.15. The van der Waals surface area contributed by atoms with Crippen LogP contribution in [0.1, 0.15) is 31.7 Å². The summed E-state index contributed by atoms with van der Waals surface area (Å²) in [6.45, 7) is 3.16. The van der Waals surface area contributed by atoms with Crippen LogP contribution in [0.15, 0.2) is 24.3 Å². The van der Waals surface area contributed by atoms with Crippen LogP contribution in [0.4, 0.5) is 0 Å². The van der Waals surface area contributed by atoms with Crippen LogP contribution in [0, 0.1) is 0 Å². The molecule has 6 nitrogen and oxygen atoms in total. The van der Waals surface area contributed by atoms with Crippen molar-refractivity contribution in [3.8, 4) is 5.75 Å². The van der Waals surface area contributed by atoms with E-state index in [-0.39, 0.29) is 18.0 Å². The lowest BCUT2D eigenvalue weighted by Crippen LogP contribution is -2.47. The first-order chi connectivity index (χ1) is 11.4. The number of benzene rings is 1. The minimum absolute atomic E-state index is 0.0734. The molecule has 2 rings (SSSR count). The monoisotopic (exact) mass is 334 g/mol. The highest BCUT2D eigenvalue weighted by Gasteiger charge is 2.35. The summed E-state index contributed by atoms with van der Waals surface area (Å²) in [5, 5.41) is 11.8. The number of carbonyl (C=O) groups is 2. The molecule has 1 unspecified atom stereocenters. The van der Waals surface area contributed by atoms with Gasteiger partial charge in [0, 0.05) is 25.0 Å². The molecule has 1 aromatic carbocycles. The summed E-state index contributed by atoms with van der Waals surface area (Å²) in [5.41, 5.74) is 0.891. The fourth-order valence-corrected chi connectivity index (χ4v) is 3.00. The van der Waals surface area contributed by atoms with Crippen molar-refractivity contribution in [3.05, 3.63) is 29.8 Å². The van der Waals surface area contributed by atoms with Gasteiger partial charge in [-0.2, -0.15) is 0 Å².